The maximum atomic E-state index is 12.5. The number of rotatable bonds is 12. The molecule has 1 amide bonds. The van der Waals surface area contributed by atoms with Crippen molar-refractivity contribution in [1.82, 2.24) is 9.88 Å². The molecule has 0 saturated heterocycles. The van der Waals surface area contributed by atoms with Crippen LogP contribution in [0.4, 0.5) is 4.79 Å². The molecule has 0 radical (unpaired) electrons. The van der Waals surface area contributed by atoms with Gasteiger partial charge in [0.25, 0.3) is 0 Å². The number of hydrogen-bond acceptors (Lipinski definition) is 7. The number of aryl methyl sites for hydroxylation is 2. The normalized spacial score (nSPS) is 12.5. The van der Waals surface area contributed by atoms with Gasteiger partial charge in [-0.1, -0.05) is 31.2 Å². The molecule has 0 spiro atoms. The number of benzene rings is 3. The molecule has 1 N–H and O–H groups in total. The van der Waals surface area contributed by atoms with Crippen LogP contribution in [0.15, 0.2) is 71.1 Å². The number of para-hydroxylation sites is 1. The van der Waals surface area contributed by atoms with Crippen molar-refractivity contribution in [2.45, 2.75) is 52.5 Å². The van der Waals surface area contributed by atoms with Crippen molar-refractivity contribution in [3.63, 3.8) is 0 Å². The van der Waals surface area contributed by atoms with E-state index in [2.05, 4.69) is 0 Å². The number of carbonyl (C=O) groups excluding carboxylic acids is 1. The molecule has 9 nitrogen and oxygen atoms in total. The standard InChI is InChI=1S/C34H36N2O7/c1-3-20-41-34(39)36-19-17-28-29(22-36)24(12-16-32(37)38)11-15-31(28)40-21-18-30-23(2)42-33(35-30)25-9-13-27(14-10-25)43-26-7-5-4-6-8-26/h4-11,13-15H,3,12,16-22H2,1-2H3,(H,37,38). The van der Waals surface area contributed by atoms with E-state index in [0.29, 0.717) is 51.5 Å². The third kappa shape index (κ3) is 7.54. The molecule has 2 heterocycles. The van der Waals surface area contributed by atoms with Crippen molar-refractivity contribution in [2.24, 2.45) is 0 Å². The Morgan fingerprint density at radius 2 is 1.72 bits per heavy atom. The molecule has 1 aliphatic heterocycles. The van der Waals surface area contributed by atoms with Crippen molar-refractivity contribution in [3.8, 4) is 28.7 Å². The summed E-state index contributed by atoms with van der Waals surface area (Å²) >= 11 is 0. The number of oxazole rings is 1. The lowest BCUT2D eigenvalue weighted by molar-refractivity contribution is -0.136. The van der Waals surface area contributed by atoms with E-state index in [9.17, 15) is 14.7 Å². The van der Waals surface area contributed by atoms with Gasteiger partial charge < -0.3 is 28.6 Å². The van der Waals surface area contributed by atoms with Gasteiger partial charge in [0.1, 0.15) is 23.0 Å². The van der Waals surface area contributed by atoms with Gasteiger partial charge in [0, 0.05) is 37.1 Å². The van der Waals surface area contributed by atoms with Crippen molar-refractivity contribution < 1.29 is 33.3 Å². The van der Waals surface area contributed by atoms with Crippen LogP contribution in [0.5, 0.6) is 17.2 Å². The molecule has 0 saturated carbocycles. The molecule has 1 aliphatic rings. The first-order valence-corrected chi connectivity index (χ1v) is 14.6. The number of hydrogen-bond donors (Lipinski definition) is 1. The highest BCUT2D eigenvalue weighted by atomic mass is 16.6. The van der Waals surface area contributed by atoms with Gasteiger partial charge in [-0.25, -0.2) is 9.78 Å². The zero-order valence-electron chi connectivity index (χ0n) is 24.5. The van der Waals surface area contributed by atoms with Crippen LogP contribution in [0.25, 0.3) is 11.5 Å². The third-order valence-electron chi connectivity index (χ3n) is 7.33. The summed E-state index contributed by atoms with van der Waals surface area (Å²) in [5, 5.41) is 9.23. The Morgan fingerprint density at radius 1 is 0.953 bits per heavy atom. The van der Waals surface area contributed by atoms with Gasteiger partial charge in [-0.05, 0) is 79.8 Å². The van der Waals surface area contributed by atoms with Gasteiger partial charge >= 0.3 is 12.1 Å². The molecule has 3 aromatic carbocycles. The molecule has 224 valence electrons. The number of carbonyl (C=O) groups is 2. The highest BCUT2D eigenvalue weighted by molar-refractivity contribution is 5.69. The Balaban J connectivity index is 1.24. The first kappa shape index (κ1) is 29.7. The van der Waals surface area contributed by atoms with Crippen LogP contribution in [0.1, 0.15) is 47.9 Å². The highest BCUT2D eigenvalue weighted by Gasteiger charge is 2.26. The summed E-state index contributed by atoms with van der Waals surface area (Å²) in [4.78, 5) is 30.2. The summed E-state index contributed by atoms with van der Waals surface area (Å²) in [7, 11) is 0. The maximum absolute atomic E-state index is 12.5. The van der Waals surface area contributed by atoms with E-state index in [1.54, 1.807) is 4.90 Å². The summed E-state index contributed by atoms with van der Waals surface area (Å²) in [6, 6.07) is 21.0. The zero-order valence-corrected chi connectivity index (χ0v) is 24.5. The summed E-state index contributed by atoms with van der Waals surface area (Å²) < 4.78 is 23.4. The van der Waals surface area contributed by atoms with Crippen LogP contribution in [-0.2, 0) is 35.3 Å². The average Bonchev–Trinajstić information content (AvgIpc) is 3.39. The number of aliphatic carboxylic acids is 1. The summed E-state index contributed by atoms with van der Waals surface area (Å²) in [5.74, 6) is 2.65. The van der Waals surface area contributed by atoms with Crippen molar-refractivity contribution in [3.05, 3.63) is 94.9 Å². The summed E-state index contributed by atoms with van der Waals surface area (Å²) in [6.07, 6.45) is 1.96. The van der Waals surface area contributed by atoms with E-state index in [4.69, 9.17) is 23.6 Å². The van der Waals surface area contributed by atoms with Crippen LogP contribution in [0, 0.1) is 6.92 Å². The number of aromatic nitrogens is 1. The van der Waals surface area contributed by atoms with Crippen molar-refractivity contribution >= 4 is 12.1 Å². The van der Waals surface area contributed by atoms with Gasteiger partial charge in [-0.2, -0.15) is 0 Å². The van der Waals surface area contributed by atoms with Gasteiger partial charge in [-0.15, -0.1) is 0 Å². The molecule has 1 aromatic heterocycles. The Hall–Kier alpha value is -4.79. The van der Waals surface area contributed by atoms with E-state index in [0.717, 1.165) is 57.4 Å². The van der Waals surface area contributed by atoms with Crippen LogP contribution in [-0.4, -0.2) is 46.8 Å². The minimum atomic E-state index is -0.858. The second-order valence-electron chi connectivity index (χ2n) is 10.4. The van der Waals surface area contributed by atoms with Crippen LogP contribution >= 0.6 is 0 Å². The molecular formula is C34H36N2O7. The second kappa shape index (κ2) is 13.9. The van der Waals surface area contributed by atoms with E-state index < -0.39 is 5.97 Å². The van der Waals surface area contributed by atoms with Gasteiger partial charge in [0.2, 0.25) is 5.89 Å². The topological polar surface area (TPSA) is 111 Å². The molecule has 0 fully saturated rings. The average molecular weight is 585 g/mol. The molecule has 5 rings (SSSR count). The lowest BCUT2D eigenvalue weighted by Gasteiger charge is -2.31. The van der Waals surface area contributed by atoms with Crippen LogP contribution < -0.4 is 9.47 Å². The molecular weight excluding hydrogens is 548 g/mol. The van der Waals surface area contributed by atoms with Gasteiger partial charge in [0.05, 0.1) is 18.9 Å². The second-order valence-corrected chi connectivity index (χ2v) is 10.4. The summed E-state index contributed by atoms with van der Waals surface area (Å²) in [6.45, 7) is 5.48. The summed E-state index contributed by atoms with van der Waals surface area (Å²) in [5.41, 5.74) is 4.53. The number of nitrogens with zero attached hydrogens (tertiary/aromatic N) is 2. The van der Waals surface area contributed by atoms with E-state index in [1.807, 2.05) is 80.6 Å². The molecule has 0 unspecified atom stereocenters. The minimum absolute atomic E-state index is 0.0173. The lowest BCUT2D eigenvalue weighted by Crippen LogP contribution is -2.37. The number of carboxylic acids is 1. The van der Waals surface area contributed by atoms with E-state index >= 15 is 0 Å². The van der Waals surface area contributed by atoms with Crippen LogP contribution in [0.3, 0.4) is 0 Å². The zero-order chi connectivity index (χ0) is 30.2. The lowest BCUT2D eigenvalue weighted by atomic mass is 9.92. The molecule has 0 bridgehead atoms. The molecule has 9 heteroatoms. The molecule has 0 aliphatic carbocycles. The Bertz CT molecular complexity index is 1550. The SMILES string of the molecule is CCCOC(=O)N1CCc2c(OCCc3nc(-c4ccc(Oc5ccccc5)cc4)oc3C)ccc(CCC(=O)O)c2C1. The molecule has 43 heavy (non-hydrogen) atoms. The third-order valence-corrected chi connectivity index (χ3v) is 7.33. The fraction of sp³-hybridized carbons (Fsp3) is 0.324. The predicted octanol–water partition coefficient (Wildman–Crippen LogP) is 6.99. The fourth-order valence-corrected chi connectivity index (χ4v) is 5.09. The number of carboxylic acid groups (broad SMARTS) is 1. The van der Waals surface area contributed by atoms with Crippen molar-refractivity contribution in [2.75, 3.05) is 19.8 Å². The smallest absolute Gasteiger partial charge is 0.410 e. The largest absolute Gasteiger partial charge is 0.493 e. The Morgan fingerprint density at radius 3 is 2.47 bits per heavy atom. The Kier molecular flexibility index (Phi) is 9.61. The number of amides is 1. The number of ether oxygens (including phenoxy) is 3. The van der Waals surface area contributed by atoms with Gasteiger partial charge in [0.15, 0.2) is 0 Å². The fourth-order valence-electron chi connectivity index (χ4n) is 5.09. The van der Waals surface area contributed by atoms with Gasteiger partial charge in [-0.3, -0.25) is 4.79 Å². The van der Waals surface area contributed by atoms with E-state index in [-0.39, 0.29) is 12.5 Å². The first-order valence-electron chi connectivity index (χ1n) is 14.6. The van der Waals surface area contributed by atoms with Crippen molar-refractivity contribution in [1.29, 1.82) is 0 Å². The monoisotopic (exact) mass is 584 g/mol. The Labute approximate surface area is 251 Å². The van der Waals surface area contributed by atoms with E-state index in [1.165, 1.54) is 0 Å². The number of fused-ring (bicyclic) bond motifs is 1. The molecule has 0 atom stereocenters. The first-order chi connectivity index (χ1) is 20.9. The quantitative estimate of drug-likeness (QED) is 0.190. The highest BCUT2D eigenvalue weighted by Crippen LogP contribution is 2.33. The van der Waals surface area contributed by atoms with Crippen LogP contribution in [0.2, 0.25) is 0 Å². The predicted molar refractivity (Wildman–Crippen MR) is 161 cm³/mol. The minimum Gasteiger partial charge on any atom is -0.493 e. The maximum Gasteiger partial charge on any atom is 0.410 e. The molecule has 4 aromatic rings.